The predicted molar refractivity (Wildman–Crippen MR) is 111 cm³/mol. The van der Waals surface area contributed by atoms with Gasteiger partial charge in [0, 0.05) is 0 Å². The molecule has 2 amide bonds. The van der Waals surface area contributed by atoms with Gasteiger partial charge in [0.25, 0.3) is 11.1 Å². The number of esters is 1. The van der Waals surface area contributed by atoms with Crippen molar-refractivity contribution in [2.45, 2.75) is 18.6 Å². The summed E-state index contributed by atoms with van der Waals surface area (Å²) in [6.45, 7) is 0. The van der Waals surface area contributed by atoms with Crippen molar-refractivity contribution in [2.75, 3.05) is 7.11 Å². The molecule has 1 heterocycles. The molecule has 0 bridgehead atoms. The third-order valence-corrected chi connectivity index (χ3v) is 5.17. The van der Waals surface area contributed by atoms with Crippen molar-refractivity contribution in [2.24, 2.45) is 5.73 Å². The topological polar surface area (TPSA) is 108 Å². The van der Waals surface area contributed by atoms with E-state index in [-0.39, 0.29) is 22.6 Å². The number of ether oxygens (including phenoxy) is 2. The van der Waals surface area contributed by atoms with E-state index in [9.17, 15) is 27.6 Å². The third-order valence-electron chi connectivity index (χ3n) is 4.36. The molecule has 32 heavy (non-hydrogen) atoms. The highest BCUT2D eigenvalue weighted by atomic mass is 32.2. The van der Waals surface area contributed by atoms with E-state index in [0.717, 1.165) is 31.0 Å². The van der Waals surface area contributed by atoms with Crippen LogP contribution in [-0.4, -0.2) is 30.3 Å². The number of hydrogen-bond donors (Lipinski definition) is 2. The lowest BCUT2D eigenvalue weighted by Crippen LogP contribution is -2.33. The average molecular weight is 466 g/mol. The molecule has 0 saturated carbocycles. The Morgan fingerprint density at radius 1 is 1.19 bits per heavy atom. The molecule has 0 spiro atoms. The summed E-state index contributed by atoms with van der Waals surface area (Å²) in [5, 5.41) is 1.65. The highest BCUT2D eigenvalue weighted by molar-refractivity contribution is 8.18. The molecule has 0 aliphatic carbocycles. The Hall–Kier alpha value is -3.31. The van der Waals surface area contributed by atoms with Gasteiger partial charge in [-0.15, -0.1) is 0 Å². The van der Waals surface area contributed by atoms with Crippen molar-refractivity contribution in [1.29, 1.82) is 0 Å². The first-order valence-corrected chi connectivity index (χ1v) is 9.95. The molecule has 3 N–H and O–H groups in total. The van der Waals surface area contributed by atoms with Crippen molar-refractivity contribution in [3.8, 4) is 11.5 Å². The molecule has 1 saturated heterocycles. The lowest BCUT2D eigenvalue weighted by Gasteiger charge is -2.16. The largest absolute Gasteiger partial charge is 0.468 e. The number of imide groups is 1. The van der Waals surface area contributed by atoms with Crippen LogP contribution < -0.4 is 15.8 Å². The van der Waals surface area contributed by atoms with E-state index >= 15 is 0 Å². The maximum absolute atomic E-state index is 13.6. The Bertz CT molecular complexity index is 1080. The van der Waals surface area contributed by atoms with Gasteiger partial charge in [0.1, 0.15) is 17.5 Å². The lowest BCUT2D eigenvalue weighted by atomic mass is 10.0. The number of carbonyl (C=O) groups excluding carboxylic acids is 3. The van der Waals surface area contributed by atoms with Gasteiger partial charge in [0.2, 0.25) is 0 Å². The van der Waals surface area contributed by atoms with Gasteiger partial charge in [0.05, 0.1) is 17.6 Å². The first-order chi connectivity index (χ1) is 15.1. The number of benzene rings is 2. The second-order valence-electron chi connectivity index (χ2n) is 6.69. The van der Waals surface area contributed by atoms with E-state index in [2.05, 4.69) is 10.1 Å². The van der Waals surface area contributed by atoms with Gasteiger partial charge >= 0.3 is 12.1 Å². The summed E-state index contributed by atoms with van der Waals surface area (Å²) in [7, 11) is 1.14. The minimum absolute atomic E-state index is 0.131. The van der Waals surface area contributed by atoms with Crippen molar-refractivity contribution in [3.05, 3.63) is 64.1 Å². The van der Waals surface area contributed by atoms with E-state index in [0.29, 0.717) is 5.56 Å². The first kappa shape index (κ1) is 23.4. The average Bonchev–Trinajstić information content (AvgIpc) is 3.05. The number of rotatable bonds is 6. The van der Waals surface area contributed by atoms with Crippen LogP contribution in [0.25, 0.3) is 6.08 Å². The number of amides is 2. The molecule has 0 radical (unpaired) electrons. The van der Waals surface area contributed by atoms with Crippen molar-refractivity contribution in [3.63, 3.8) is 0 Å². The number of carbonyl (C=O) groups is 3. The number of nitrogens with two attached hydrogens (primary N) is 1. The molecule has 1 aliphatic rings. The summed E-state index contributed by atoms with van der Waals surface area (Å²) in [5.41, 5.74) is 5.38. The summed E-state index contributed by atoms with van der Waals surface area (Å²) >= 11 is 0.756. The second-order valence-corrected chi connectivity index (χ2v) is 7.70. The van der Waals surface area contributed by atoms with Crippen LogP contribution in [0.15, 0.2) is 47.4 Å². The minimum Gasteiger partial charge on any atom is -0.468 e. The second kappa shape index (κ2) is 9.45. The molecule has 1 unspecified atom stereocenters. The standard InChI is InChI=1S/C21H17F3N2O5S/c1-30-19(28)15(25)9-12-4-7-16(14(8-12)21(22,23)24)31-13-5-2-11(3-6-13)10-17-18(27)26-20(29)32-17/h2-8,10,15H,9,25H2,1H3,(H,26,27,29)/b17-10+. The van der Waals surface area contributed by atoms with Crippen LogP contribution in [0.5, 0.6) is 11.5 Å². The molecule has 0 aromatic heterocycles. The fraction of sp³-hybridized carbons (Fsp3) is 0.190. The van der Waals surface area contributed by atoms with Crippen molar-refractivity contribution < 1.29 is 37.0 Å². The fourth-order valence-electron chi connectivity index (χ4n) is 2.83. The van der Waals surface area contributed by atoms with Gasteiger partial charge in [-0.3, -0.25) is 19.7 Å². The Kier molecular flexibility index (Phi) is 6.90. The van der Waals surface area contributed by atoms with Crippen LogP contribution in [0, 0.1) is 0 Å². The van der Waals surface area contributed by atoms with Gasteiger partial charge in [-0.2, -0.15) is 13.2 Å². The number of alkyl halides is 3. The monoisotopic (exact) mass is 466 g/mol. The molecule has 168 valence electrons. The summed E-state index contributed by atoms with van der Waals surface area (Å²) in [6.07, 6.45) is -3.35. The SMILES string of the molecule is COC(=O)C(N)Cc1ccc(Oc2ccc(/C=C3/SC(=O)NC3=O)cc2)c(C(F)(F)F)c1. The fourth-order valence-corrected chi connectivity index (χ4v) is 3.52. The number of halogens is 3. The van der Waals surface area contributed by atoms with E-state index in [4.69, 9.17) is 10.5 Å². The smallest absolute Gasteiger partial charge is 0.419 e. The number of thioether (sulfide) groups is 1. The summed E-state index contributed by atoms with van der Waals surface area (Å²) in [6, 6.07) is 8.28. The number of nitrogens with one attached hydrogen (secondary N) is 1. The lowest BCUT2D eigenvalue weighted by molar-refractivity contribution is -0.142. The zero-order chi connectivity index (χ0) is 23.5. The molecule has 2 aromatic rings. The maximum atomic E-state index is 13.6. The first-order valence-electron chi connectivity index (χ1n) is 9.13. The van der Waals surface area contributed by atoms with Crippen LogP contribution in [0.2, 0.25) is 0 Å². The Balaban J connectivity index is 1.80. The molecule has 2 aromatic carbocycles. The van der Waals surface area contributed by atoms with Crippen LogP contribution in [0.4, 0.5) is 18.0 Å². The zero-order valence-electron chi connectivity index (χ0n) is 16.6. The van der Waals surface area contributed by atoms with Crippen LogP contribution in [0.3, 0.4) is 0 Å². The quantitative estimate of drug-likeness (QED) is 0.492. The van der Waals surface area contributed by atoms with E-state index in [1.54, 1.807) is 0 Å². The summed E-state index contributed by atoms with van der Waals surface area (Å²) in [4.78, 5) is 34.4. The van der Waals surface area contributed by atoms with Gasteiger partial charge in [0.15, 0.2) is 0 Å². The van der Waals surface area contributed by atoms with E-state index < -0.39 is 40.6 Å². The molecular weight excluding hydrogens is 449 g/mol. The Morgan fingerprint density at radius 2 is 1.88 bits per heavy atom. The van der Waals surface area contributed by atoms with Gasteiger partial charge in [-0.1, -0.05) is 18.2 Å². The van der Waals surface area contributed by atoms with Gasteiger partial charge < -0.3 is 15.2 Å². The van der Waals surface area contributed by atoms with Gasteiger partial charge in [-0.25, -0.2) is 0 Å². The number of hydrogen-bond acceptors (Lipinski definition) is 7. The molecule has 1 atom stereocenters. The number of methoxy groups -OCH3 is 1. The molecule has 1 fully saturated rings. The molecule has 3 rings (SSSR count). The van der Waals surface area contributed by atoms with Crippen LogP contribution in [0.1, 0.15) is 16.7 Å². The highest BCUT2D eigenvalue weighted by Gasteiger charge is 2.35. The normalized spacial score (nSPS) is 16.1. The highest BCUT2D eigenvalue weighted by Crippen LogP contribution is 2.39. The molecular formula is C21H17F3N2O5S. The maximum Gasteiger partial charge on any atom is 0.419 e. The van der Waals surface area contributed by atoms with E-state index in [1.165, 1.54) is 36.4 Å². The predicted octanol–water partition coefficient (Wildman–Crippen LogP) is 3.86. The molecule has 11 heteroatoms. The Morgan fingerprint density at radius 3 is 2.44 bits per heavy atom. The van der Waals surface area contributed by atoms with Crippen LogP contribution in [-0.2, 0) is 26.9 Å². The Labute approximate surface area is 184 Å². The van der Waals surface area contributed by atoms with E-state index in [1.807, 2.05) is 0 Å². The van der Waals surface area contributed by atoms with Crippen molar-refractivity contribution in [1.82, 2.24) is 5.32 Å². The summed E-state index contributed by atoms with van der Waals surface area (Å²) in [5.74, 6) is -1.53. The van der Waals surface area contributed by atoms with Gasteiger partial charge in [-0.05, 0) is 59.7 Å². The molecule has 7 nitrogen and oxygen atoms in total. The van der Waals surface area contributed by atoms with Crippen molar-refractivity contribution >= 4 is 35.0 Å². The van der Waals surface area contributed by atoms with Crippen LogP contribution >= 0.6 is 11.8 Å². The zero-order valence-corrected chi connectivity index (χ0v) is 17.4. The molecule has 1 aliphatic heterocycles. The summed E-state index contributed by atoms with van der Waals surface area (Å²) < 4.78 is 50.6. The minimum atomic E-state index is -4.70. The third kappa shape index (κ3) is 5.68.